The fourth-order valence-corrected chi connectivity index (χ4v) is 2.63. The second-order valence-corrected chi connectivity index (χ2v) is 6.10. The Balaban J connectivity index is 1.75. The van der Waals surface area contributed by atoms with Gasteiger partial charge in [0.2, 0.25) is 5.13 Å². The first-order valence-corrected chi connectivity index (χ1v) is 7.75. The van der Waals surface area contributed by atoms with Crippen LogP contribution in [0.1, 0.15) is 40.3 Å². The van der Waals surface area contributed by atoms with Crippen molar-refractivity contribution in [2.24, 2.45) is 5.92 Å². The van der Waals surface area contributed by atoms with E-state index in [0.717, 1.165) is 43.1 Å². The van der Waals surface area contributed by atoms with Crippen LogP contribution in [-0.4, -0.2) is 20.2 Å². The summed E-state index contributed by atoms with van der Waals surface area (Å²) >= 11 is 1.00. The predicted octanol–water partition coefficient (Wildman–Crippen LogP) is 3.03. The molecule has 0 spiro atoms. The number of halogens is 3. The van der Waals surface area contributed by atoms with Crippen LogP contribution in [0.3, 0.4) is 0 Å². The number of anilines is 1. The van der Waals surface area contributed by atoms with Gasteiger partial charge in [-0.05, 0) is 24.8 Å². The number of carbonyl (C=O) groups excluding carboxylic acids is 1. The lowest BCUT2D eigenvalue weighted by Gasteiger charge is -2.08. The van der Waals surface area contributed by atoms with Crippen LogP contribution in [-0.2, 0) is 12.6 Å². The van der Waals surface area contributed by atoms with Gasteiger partial charge in [-0.1, -0.05) is 0 Å². The van der Waals surface area contributed by atoms with E-state index in [4.69, 9.17) is 5.26 Å². The van der Waals surface area contributed by atoms with E-state index < -0.39 is 23.3 Å². The Morgan fingerprint density at radius 2 is 2.21 bits per heavy atom. The number of alkyl halides is 3. The minimum atomic E-state index is -4.75. The molecular formula is C14H10F3N5OS. The fourth-order valence-electron chi connectivity index (χ4n) is 2.04. The van der Waals surface area contributed by atoms with Gasteiger partial charge in [0.15, 0.2) is 5.69 Å². The van der Waals surface area contributed by atoms with Crippen molar-refractivity contribution in [1.82, 2.24) is 14.3 Å². The van der Waals surface area contributed by atoms with Crippen molar-refractivity contribution in [3.05, 3.63) is 34.9 Å². The molecule has 2 heterocycles. The highest BCUT2D eigenvalue weighted by atomic mass is 32.1. The number of pyridine rings is 1. The average Bonchev–Trinajstić information content (AvgIpc) is 3.24. The van der Waals surface area contributed by atoms with Gasteiger partial charge in [0.25, 0.3) is 5.91 Å². The quantitative estimate of drug-likeness (QED) is 0.912. The lowest BCUT2D eigenvalue weighted by Crippen LogP contribution is -2.16. The number of hydrogen-bond acceptors (Lipinski definition) is 6. The minimum absolute atomic E-state index is 0.154. The van der Waals surface area contributed by atoms with Crippen LogP contribution < -0.4 is 5.32 Å². The molecule has 2 aromatic heterocycles. The molecule has 1 saturated carbocycles. The molecule has 3 rings (SSSR count). The number of nitrogens with zero attached hydrogens (tertiary/aromatic N) is 4. The third-order valence-electron chi connectivity index (χ3n) is 3.40. The Bertz CT molecular complexity index is 823. The van der Waals surface area contributed by atoms with Crippen LogP contribution in [0.25, 0.3) is 0 Å². The molecule has 0 saturated heterocycles. The van der Waals surface area contributed by atoms with E-state index >= 15 is 0 Å². The monoisotopic (exact) mass is 353 g/mol. The van der Waals surface area contributed by atoms with Crippen LogP contribution in [0.15, 0.2) is 12.3 Å². The van der Waals surface area contributed by atoms with E-state index in [1.54, 1.807) is 0 Å². The normalized spacial score (nSPS) is 14.2. The lowest BCUT2D eigenvalue weighted by molar-refractivity contribution is -0.141. The maximum Gasteiger partial charge on any atom is 0.434 e. The Hall–Kier alpha value is -2.54. The Kier molecular flexibility index (Phi) is 4.19. The highest BCUT2D eigenvalue weighted by molar-refractivity contribution is 7.09. The first-order chi connectivity index (χ1) is 11.4. The minimum Gasteiger partial charge on any atom is -0.297 e. The van der Waals surface area contributed by atoms with E-state index in [2.05, 4.69) is 19.7 Å². The van der Waals surface area contributed by atoms with Crippen LogP contribution >= 0.6 is 11.5 Å². The smallest absolute Gasteiger partial charge is 0.297 e. The summed E-state index contributed by atoms with van der Waals surface area (Å²) in [5.41, 5.74) is -2.18. The van der Waals surface area contributed by atoms with Crippen molar-refractivity contribution in [3.8, 4) is 6.07 Å². The molecule has 1 fully saturated rings. The number of aromatic nitrogens is 3. The maximum absolute atomic E-state index is 12.7. The van der Waals surface area contributed by atoms with Gasteiger partial charge in [-0.2, -0.15) is 22.8 Å². The summed E-state index contributed by atoms with van der Waals surface area (Å²) in [6, 6.07) is 2.26. The molecule has 6 nitrogen and oxygen atoms in total. The zero-order valence-electron chi connectivity index (χ0n) is 12.1. The Morgan fingerprint density at radius 1 is 1.46 bits per heavy atom. The Labute approximate surface area is 138 Å². The van der Waals surface area contributed by atoms with Gasteiger partial charge in [-0.3, -0.25) is 10.1 Å². The van der Waals surface area contributed by atoms with E-state index in [1.807, 2.05) is 0 Å². The molecule has 0 unspecified atom stereocenters. The van der Waals surface area contributed by atoms with Crippen LogP contribution in [0.4, 0.5) is 18.3 Å². The molecule has 1 N–H and O–H groups in total. The van der Waals surface area contributed by atoms with Gasteiger partial charge in [0, 0.05) is 24.2 Å². The second-order valence-electron chi connectivity index (χ2n) is 5.35. The van der Waals surface area contributed by atoms with Crippen LogP contribution in [0.5, 0.6) is 0 Å². The third kappa shape index (κ3) is 3.68. The van der Waals surface area contributed by atoms with Gasteiger partial charge in [0.1, 0.15) is 11.9 Å². The molecule has 124 valence electrons. The number of nitrogens with one attached hydrogen (secondary N) is 1. The summed E-state index contributed by atoms with van der Waals surface area (Å²) in [5, 5.41) is 11.5. The van der Waals surface area contributed by atoms with Crippen molar-refractivity contribution in [2.75, 3.05) is 5.32 Å². The molecule has 0 bridgehead atoms. The highest BCUT2D eigenvalue weighted by Gasteiger charge is 2.36. The number of carbonyl (C=O) groups is 1. The summed E-state index contributed by atoms with van der Waals surface area (Å²) < 4.78 is 42.2. The largest absolute Gasteiger partial charge is 0.434 e. The molecule has 0 atom stereocenters. The molecule has 2 aromatic rings. The summed E-state index contributed by atoms with van der Waals surface area (Å²) in [5.74, 6) is 0.545. The van der Waals surface area contributed by atoms with E-state index in [-0.39, 0.29) is 10.7 Å². The SMILES string of the molecule is N#Cc1cc(C(=O)Nc2nc(CC3CC3)ns2)cnc1C(F)(F)F. The van der Waals surface area contributed by atoms with Gasteiger partial charge in [-0.15, -0.1) is 0 Å². The first-order valence-electron chi connectivity index (χ1n) is 6.98. The number of amides is 1. The first kappa shape index (κ1) is 16.3. The standard InChI is InChI=1S/C14H10F3N5OS/c15-14(16,17)11-8(5-18)4-9(6-19-11)12(23)21-13-20-10(22-24-13)3-7-1-2-7/h4,6-7H,1-3H2,(H,20,21,22,23). The fraction of sp³-hybridized carbons (Fsp3) is 0.357. The molecule has 0 radical (unpaired) electrons. The second kappa shape index (κ2) is 6.16. The van der Waals surface area contributed by atoms with Gasteiger partial charge in [0.05, 0.1) is 11.1 Å². The highest BCUT2D eigenvalue weighted by Crippen LogP contribution is 2.32. The summed E-state index contributed by atoms with van der Waals surface area (Å²) in [7, 11) is 0. The number of rotatable bonds is 4. The van der Waals surface area contributed by atoms with Gasteiger partial charge in [-0.25, -0.2) is 9.97 Å². The summed E-state index contributed by atoms with van der Waals surface area (Å²) in [6.07, 6.45) is -0.918. The number of nitriles is 1. The topological polar surface area (TPSA) is 91.6 Å². The van der Waals surface area contributed by atoms with Crippen molar-refractivity contribution < 1.29 is 18.0 Å². The molecule has 1 aliphatic rings. The average molecular weight is 353 g/mol. The molecule has 1 aliphatic carbocycles. The molecule has 0 aliphatic heterocycles. The van der Waals surface area contributed by atoms with Crippen molar-refractivity contribution in [3.63, 3.8) is 0 Å². The van der Waals surface area contributed by atoms with E-state index in [9.17, 15) is 18.0 Å². The molecule has 24 heavy (non-hydrogen) atoms. The van der Waals surface area contributed by atoms with Gasteiger partial charge < -0.3 is 0 Å². The van der Waals surface area contributed by atoms with Crippen molar-refractivity contribution in [2.45, 2.75) is 25.4 Å². The van der Waals surface area contributed by atoms with E-state index in [1.165, 1.54) is 6.07 Å². The van der Waals surface area contributed by atoms with Crippen molar-refractivity contribution >= 4 is 22.6 Å². The van der Waals surface area contributed by atoms with Crippen molar-refractivity contribution in [1.29, 1.82) is 5.26 Å². The maximum atomic E-state index is 12.7. The number of hydrogen-bond donors (Lipinski definition) is 1. The van der Waals surface area contributed by atoms with Crippen LogP contribution in [0, 0.1) is 17.2 Å². The van der Waals surface area contributed by atoms with Crippen LogP contribution in [0.2, 0.25) is 0 Å². The van der Waals surface area contributed by atoms with E-state index in [0.29, 0.717) is 11.7 Å². The molecule has 0 aromatic carbocycles. The molecule has 1 amide bonds. The Morgan fingerprint density at radius 3 is 2.83 bits per heavy atom. The zero-order valence-corrected chi connectivity index (χ0v) is 12.9. The molecule has 10 heteroatoms. The summed E-state index contributed by atoms with van der Waals surface area (Å²) in [4.78, 5) is 19.4. The lowest BCUT2D eigenvalue weighted by atomic mass is 10.1. The predicted molar refractivity (Wildman–Crippen MR) is 78.2 cm³/mol. The zero-order chi connectivity index (χ0) is 17.3. The third-order valence-corrected chi connectivity index (χ3v) is 4.06. The molecular weight excluding hydrogens is 343 g/mol. The van der Waals surface area contributed by atoms with Gasteiger partial charge >= 0.3 is 6.18 Å². The summed E-state index contributed by atoms with van der Waals surface area (Å²) in [6.45, 7) is 0.